The number of hydrogen-bond acceptors (Lipinski definition) is 4. The van der Waals surface area contributed by atoms with Gasteiger partial charge in [-0.05, 0) is 37.0 Å². The molecule has 1 amide bonds. The molecule has 1 aliphatic heterocycles. The molecule has 2 heterocycles. The van der Waals surface area contributed by atoms with Crippen LogP contribution in [-0.4, -0.2) is 20.9 Å². The highest BCUT2D eigenvalue weighted by Crippen LogP contribution is 2.40. The molecule has 5 nitrogen and oxygen atoms in total. The molecule has 1 aromatic carbocycles. The van der Waals surface area contributed by atoms with Crippen molar-refractivity contribution in [1.29, 1.82) is 0 Å². The summed E-state index contributed by atoms with van der Waals surface area (Å²) in [5.74, 6) is 1.51. The van der Waals surface area contributed by atoms with Crippen molar-refractivity contribution in [2.45, 2.75) is 44.2 Å². The van der Waals surface area contributed by atoms with Crippen molar-refractivity contribution in [3.05, 3.63) is 47.4 Å². The molecule has 1 aromatic heterocycles. The van der Waals surface area contributed by atoms with Crippen LogP contribution in [0.1, 0.15) is 54.9 Å². The molecule has 4 rings (SSSR count). The minimum atomic E-state index is -0.279. The van der Waals surface area contributed by atoms with Gasteiger partial charge in [0.25, 0.3) is 0 Å². The van der Waals surface area contributed by atoms with Crippen LogP contribution in [0.2, 0.25) is 0 Å². The van der Waals surface area contributed by atoms with E-state index in [4.69, 9.17) is 4.52 Å². The van der Waals surface area contributed by atoms with Gasteiger partial charge in [0.2, 0.25) is 11.8 Å². The number of carbonyl (C=O) groups is 1. The number of likely N-dealkylation sites (tertiary alicyclic amines) is 1. The third kappa shape index (κ3) is 2.49. The molecule has 0 N–H and O–H groups in total. The number of aromatic nitrogens is 2. The summed E-state index contributed by atoms with van der Waals surface area (Å²) in [5.41, 5.74) is 0.892. The van der Waals surface area contributed by atoms with Gasteiger partial charge in [-0.25, -0.2) is 4.39 Å². The highest BCUT2D eigenvalue weighted by molar-refractivity contribution is 5.78. The molecule has 6 heteroatoms. The van der Waals surface area contributed by atoms with E-state index >= 15 is 0 Å². The first kappa shape index (κ1) is 13.4. The standard InChI is InChI=1S/C16H16FN3O2/c17-12-5-1-10(2-6-12)9-20-13(7-8-14(20)21)16-18-15(19-22-16)11-3-4-11/h1-2,5-6,11,13H,3-4,7-9H2. The van der Waals surface area contributed by atoms with Crippen molar-refractivity contribution in [1.82, 2.24) is 15.0 Å². The normalized spacial score (nSPS) is 21.6. The van der Waals surface area contributed by atoms with Crippen LogP contribution in [0, 0.1) is 5.82 Å². The second kappa shape index (κ2) is 5.19. The number of nitrogens with zero attached hydrogens (tertiary/aromatic N) is 3. The van der Waals surface area contributed by atoms with Gasteiger partial charge < -0.3 is 9.42 Å². The van der Waals surface area contributed by atoms with Gasteiger partial charge in [-0.3, -0.25) is 4.79 Å². The Morgan fingerprint density at radius 1 is 1.23 bits per heavy atom. The monoisotopic (exact) mass is 301 g/mol. The van der Waals surface area contributed by atoms with Crippen LogP contribution < -0.4 is 0 Å². The fraction of sp³-hybridized carbons (Fsp3) is 0.438. The number of halogens is 1. The van der Waals surface area contributed by atoms with E-state index < -0.39 is 0 Å². The van der Waals surface area contributed by atoms with Crippen LogP contribution in [0.15, 0.2) is 28.8 Å². The molecule has 2 fully saturated rings. The zero-order valence-corrected chi connectivity index (χ0v) is 12.0. The van der Waals surface area contributed by atoms with Gasteiger partial charge in [0.1, 0.15) is 11.9 Å². The average Bonchev–Trinajstić information content (AvgIpc) is 3.15. The second-order valence-electron chi connectivity index (χ2n) is 5.97. The van der Waals surface area contributed by atoms with Crippen LogP contribution in [0.4, 0.5) is 4.39 Å². The quantitative estimate of drug-likeness (QED) is 0.871. The van der Waals surface area contributed by atoms with Gasteiger partial charge >= 0.3 is 0 Å². The Labute approximate surface area is 127 Å². The van der Waals surface area contributed by atoms with Gasteiger partial charge in [0.15, 0.2) is 5.82 Å². The van der Waals surface area contributed by atoms with Gasteiger partial charge in [0, 0.05) is 18.9 Å². The van der Waals surface area contributed by atoms with Crippen LogP contribution in [0.25, 0.3) is 0 Å². The molecule has 1 atom stereocenters. The van der Waals surface area contributed by atoms with Crippen LogP contribution in [-0.2, 0) is 11.3 Å². The highest BCUT2D eigenvalue weighted by atomic mass is 19.1. The van der Waals surface area contributed by atoms with E-state index in [2.05, 4.69) is 10.1 Å². The smallest absolute Gasteiger partial charge is 0.249 e. The Morgan fingerprint density at radius 3 is 2.73 bits per heavy atom. The zero-order chi connectivity index (χ0) is 15.1. The van der Waals surface area contributed by atoms with E-state index in [0.29, 0.717) is 31.2 Å². The summed E-state index contributed by atoms with van der Waals surface area (Å²) in [4.78, 5) is 18.4. The van der Waals surface area contributed by atoms with Gasteiger partial charge in [-0.1, -0.05) is 17.3 Å². The molecular formula is C16H16FN3O2. The first-order chi connectivity index (χ1) is 10.7. The predicted molar refractivity (Wildman–Crippen MR) is 75.2 cm³/mol. The summed E-state index contributed by atoms with van der Waals surface area (Å²) in [6, 6.07) is 6.03. The lowest BCUT2D eigenvalue weighted by Gasteiger charge is -2.22. The first-order valence-electron chi connectivity index (χ1n) is 7.58. The number of rotatable bonds is 4. The summed E-state index contributed by atoms with van der Waals surface area (Å²) < 4.78 is 18.4. The third-order valence-electron chi connectivity index (χ3n) is 4.28. The van der Waals surface area contributed by atoms with Gasteiger partial charge in [-0.2, -0.15) is 4.98 Å². The summed E-state index contributed by atoms with van der Waals surface area (Å²) in [6.45, 7) is 0.435. The molecule has 22 heavy (non-hydrogen) atoms. The van der Waals surface area contributed by atoms with Crippen molar-refractivity contribution in [2.75, 3.05) is 0 Å². The molecule has 114 valence electrons. The summed E-state index contributed by atoms with van der Waals surface area (Å²) in [7, 11) is 0. The van der Waals surface area contributed by atoms with Crippen molar-refractivity contribution >= 4 is 5.91 Å². The number of amides is 1. The molecule has 2 aromatic rings. The van der Waals surface area contributed by atoms with Crippen LogP contribution in [0.5, 0.6) is 0 Å². The summed E-state index contributed by atoms with van der Waals surface area (Å²) in [5, 5.41) is 4.03. The molecule has 1 saturated carbocycles. The third-order valence-corrected chi connectivity index (χ3v) is 4.28. The largest absolute Gasteiger partial charge is 0.337 e. The number of carbonyl (C=O) groups excluding carboxylic acids is 1. The number of hydrogen-bond donors (Lipinski definition) is 0. The Morgan fingerprint density at radius 2 is 2.00 bits per heavy atom. The maximum atomic E-state index is 13.0. The van der Waals surface area contributed by atoms with Crippen molar-refractivity contribution in [2.24, 2.45) is 0 Å². The van der Waals surface area contributed by atoms with Crippen LogP contribution >= 0.6 is 0 Å². The lowest BCUT2D eigenvalue weighted by Crippen LogP contribution is -2.27. The molecule has 1 aliphatic carbocycles. The average molecular weight is 301 g/mol. The Kier molecular flexibility index (Phi) is 3.17. The zero-order valence-electron chi connectivity index (χ0n) is 12.0. The minimum absolute atomic E-state index is 0.0699. The van der Waals surface area contributed by atoms with Crippen molar-refractivity contribution < 1.29 is 13.7 Å². The fourth-order valence-corrected chi connectivity index (χ4v) is 2.87. The SMILES string of the molecule is O=C1CCC(c2nc(C3CC3)no2)N1Cc1ccc(F)cc1. The van der Waals surface area contributed by atoms with E-state index in [1.807, 2.05) is 0 Å². The van der Waals surface area contributed by atoms with E-state index in [9.17, 15) is 9.18 Å². The highest BCUT2D eigenvalue weighted by Gasteiger charge is 2.37. The molecular weight excluding hydrogens is 285 g/mol. The molecule has 1 unspecified atom stereocenters. The second-order valence-corrected chi connectivity index (χ2v) is 5.97. The maximum Gasteiger partial charge on any atom is 0.249 e. The summed E-state index contributed by atoms with van der Waals surface area (Å²) >= 11 is 0. The lowest BCUT2D eigenvalue weighted by atomic mass is 10.2. The minimum Gasteiger partial charge on any atom is -0.337 e. The van der Waals surface area contributed by atoms with Gasteiger partial charge in [0.05, 0.1) is 0 Å². The predicted octanol–water partition coefficient (Wildman–Crippen LogP) is 2.95. The Bertz CT molecular complexity index is 694. The number of benzene rings is 1. The Hall–Kier alpha value is -2.24. The molecule has 0 bridgehead atoms. The molecule has 2 aliphatic rings. The Balaban J connectivity index is 1.55. The van der Waals surface area contributed by atoms with Crippen LogP contribution in [0.3, 0.4) is 0 Å². The van der Waals surface area contributed by atoms with E-state index in [-0.39, 0.29) is 17.8 Å². The molecule has 1 saturated heterocycles. The van der Waals surface area contributed by atoms with Gasteiger partial charge in [-0.15, -0.1) is 0 Å². The van der Waals surface area contributed by atoms with Crippen molar-refractivity contribution in [3.63, 3.8) is 0 Å². The topological polar surface area (TPSA) is 59.2 Å². The molecule has 0 spiro atoms. The van der Waals surface area contributed by atoms with E-state index in [0.717, 1.165) is 24.2 Å². The van der Waals surface area contributed by atoms with Crippen molar-refractivity contribution in [3.8, 4) is 0 Å². The fourth-order valence-electron chi connectivity index (χ4n) is 2.87. The summed E-state index contributed by atoms with van der Waals surface area (Å²) in [6.07, 6.45) is 3.39. The lowest BCUT2D eigenvalue weighted by molar-refractivity contribution is -0.129. The maximum absolute atomic E-state index is 13.0. The molecule has 0 radical (unpaired) electrons. The first-order valence-corrected chi connectivity index (χ1v) is 7.58. The van der Waals surface area contributed by atoms with E-state index in [1.54, 1.807) is 17.0 Å². The van der Waals surface area contributed by atoms with E-state index in [1.165, 1.54) is 12.1 Å².